The first kappa shape index (κ1) is 14.6. The Hall–Kier alpha value is -0.820. The zero-order valence-corrected chi connectivity index (χ0v) is 11.2. The monoisotopic (exact) mass is 294 g/mol. The number of nitrogens with zero attached hydrogens (tertiary/aromatic N) is 1. The Balaban J connectivity index is 1.83. The first-order valence-corrected chi connectivity index (χ1v) is 7.23. The number of aromatic nitrogens is 1. The maximum absolute atomic E-state index is 12.4. The molecule has 1 heterocycles. The molecule has 7 heteroatoms. The maximum Gasteiger partial charge on any atom is 0.427 e. The first-order chi connectivity index (χ1) is 8.97. The number of rotatable bonds is 4. The van der Waals surface area contributed by atoms with E-state index in [0.717, 1.165) is 31.9 Å². The van der Waals surface area contributed by atoms with Gasteiger partial charge < -0.3 is 10.4 Å². The van der Waals surface area contributed by atoms with E-state index in [4.69, 9.17) is 0 Å². The van der Waals surface area contributed by atoms with Gasteiger partial charge in [0.15, 0.2) is 5.13 Å². The third kappa shape index (κ3) is 4.07. The Bertz CT molecular complexity index is 402. The number of aliphatic hydroxyl groups is 1. The molecule has 108 valence electrons. The number of hydrogen-bond acceptors (Lipinski definition) is 4. The molecule has 1 aliphatic rings. The first-order valence-electron chi connectivity index (χ1n) is 6.42. The fraction of sp³-hybridized carbons (Fsp3) is 0.750. The van der Waals surface area contributed by atoms with Crippen LogP contribution in [0.3, 0.4) is 0 Å². The van der Waals surface area contributed by atoms with Crippen molar-refractivity contribution in [2.24, 2.45) is 5.92 Å². The van der Waals surface area contributed by atoms with Gasteiger partial charge in [0.05, 0.1) is 12.3 Å². The topological polar surface area (TPSA) is 45.1 Å². The Morgan fingerprint density at radius 3 is 2.63 bits per heavy atom. The van der Waals surface area contributed by atoms with E-state index in [-0.39, 0.29) is 17.6 Å². The van der Waals surface area contributed by atoms with Crippen LogP contribution in [0.25, 0.3) is 0 Å². The minimum Gasteiger partial charge on any atom is -0.391 e. The number of halogens is 3. The molecular weight excluding hydrogens is 277 g/mol. The summed E-state index contributed by atoms with van der Waals surface area (Å²) < 4.78 is 37.2. The predicted octanol–water partition coefficient (Wildman–Crippen LogP) is 3.52. The van der Waals surface area contributed by atoms with Gasteiger partial charge in [0.1, 0.15) is 4.88 Å². The molecular formula is C12H17F3N2OS. The van der Waals surface area contributed by atoms with Crippen LogP contribution in [0.2, 0.25) is 0 Å². The predicted molar refractivity (Wildman–Crippen MR) is 68.2 cm³/mol. The zero-order valence-electron chi connectivity index (χ0n) is 10.4. The number of aliphatic hydroxyl groups excluding tert-OH is 1. The molecule has 2 N–H and O–H groups in total. The lowest BCUT2D eigenvalue weighted by Gasteiger charge is -2.26. The minimum absolute atomic E-state index is 0.210. The van der Waals surface area contributed by atoms with E-state index in [2.05, 4.69) is 10.3 Å². The van der Waals surface area contributed by atoms with Crippen molar-refractivity contribution in [2.45, 2.75) is 44.4 Å². The van der Waals surface area contributed by atoms with Crippen LogP contribution in [0, 0.1) is 5.92 Å². The third-order valence-corrected chi connectivity index (χ3v) is 4.44. The molecule has 0 bridgehead atoms. The summed E-state index contributed by atoms with van der Waals surface area (Å²) in [6, 6.07) is 0. The van der Waals surface area contributed by atoms with Gasteiger partial charge in [-0.2, -0.15) is 13.2 Å². The summed E-state index contributed by atoms with van der Waals surface area (Å²) >= 11 is 0.570. The Kier molecular flexibility index (Phi) is 4.67. The van der Waals surface area contributed by atoms with E-state index in [0.29, 0.717) is 11.3 Å². The van der Waals surface area contributed by atoms with Gasteiger partial charge in [-0.1, -0.05) is 30.6 Å². The molecule has 1 aromatic rings. The normalized spacial score (nSPS) is 19.4. The SMILES string of the molecule is OC(CNc1ncc(C(F)(F)F)s1)C1CCCCC1. The van der Waals surface area contributed by atoms with E-state index in [1.54, 1.807) is 0 Å². The van der Waals surface area contributed by atoms with Crippen molar-refractivity contribution in [3.05, 3.63) is 11.1 Å². The van der Waals surface area contributed by atoms with Gasteiger partial charge in [0, 0.05) is 6.54 Å². The largest absolute Gasteiger partial charge is 0.427 e. The van der Waals surface area contributed by atoms with Gasteiger partial charge in [-0.15, -0.1) is 0 Å². The second-order valence-corrected chi connectivity index (χ2v) is 5.90. The van der Waals surface area contributed by atoms with Crippen LogP contribution in [0.15, 0.2) is 6.20 Å². The Morgan fingerprint density at radius 1 is 1.37 bits per heavy atom. The van der Waals surface area contributed by atoms with Crippen molar-refractivity contribution in [1.29, 1.82) is 0 Å². The molecule has 0 amide bonds. The fourth-order valence-corrected chi connectivity index (χ4v) is 3.05. The van der Waals surface area contributed by atoms with E-state index < -0.39 is 17.2 Å². The van der Waals surface area contributed by atoms with Crippen LogP contribution < -0.4 is 5.32 Å². The highest BCUT2D eigenvalue weighted by atomic mass is 32.1. The number of hydrogen-bond donors (Lipinski definition) is 2. The second kappa shape index (κ2) is 6.09. The van der Waals surface area contributed by atoms with Crippen LogP contribution in [-0.2, 0) is 6.18 Å². The molecule has 0 spiro atoms. The zero-order chi connectivity index (χ0) is 13.9. The second-order valence-electron chi connectivity index (χ2n) is 4.87. The van der Waals surface area contributed by atoms with Gasteiger partial charge in [-0.05, 0) is 18.8 Å². The molecule has 0 saturated heterocycles. The molecule has 0 aliphatic heterocycles. The number of nitrogens with one attached hydrogen (secondary N) is 1. The van der Waals surface area contributed by atoms with Crippen LogP contribution in [-0.4, -0.2) is 22.7 Å². The smallest absolute Gasteiger partial charge is 0.391 e. The van der Waals surface area contributed by atoms with Gasteiger partial charge in [0.2, 0.25) is 0 Å². The number of thiazole rings is 1. The van der Waals surface area contributed by atoms with Gasteiger partial charge in [0.25, 0.3) is 0 Å². The van der Waals surface area contributed by atoms with Crippen molar-refractivity contribution < 1.29 is 18.3 Å². The van der Waals surface area contributed by atoms with Gasteiger partial charge >= 0.3 is 6.18 Å². The quantitative estimate of drug-likeness (QED) is 0.893. The summed E-state index contributed by atoms with van der Waals surface area (Å²) in [5.41, 5.74) is 0. The molecule has 0 radical (unpaired) electrons. The lowest BCUT2D eigenvalue weighted by molar-refractivity contribution is -0.134. The molecule has 1 aromatic heterocycles. The number of alkyl halides is 3. The average molecular weight is 294 g/mol. The van der Waals surface area contributed by atoms with Crippen LogP contribution in [0.4, 0.5) is 18.3 Å². The molecule has 1 aliphatic carbocycles. The highest BCUT2D eigenvalue weighted by Crippen LogP contribution is 2.35. The summed E-state index contributed by atoms with van der Waals surface area (Å²) in [5, 5.41) is 13.0. The lowest BCUT2D eigenvalue weighted by atomic mass is 9.85. The standard InChI is InChI=1S/C12H17F3N2OS/c13-12(14,15)10-7-17-11(19-10)16-6-9(18)8-4-2-1-3-5-8/h7-9,18H,1-6H2,(H,16,17). The third-order valence-electron chi connectivity index (χ3n) is 3.44. The van der Waals surface area contributed by atoms with Crippen molar-refractivity contribution in [3.8, 4) is 0 Å². The van der Waals surface area contributed by atoms with Crippen LogP contribution in [0.5, 0.6) is 0 Å². The molecule has 0 aromatic carbocycles. The molecule has 1 atom stereocenters. The van der Waals surface area contributed by atoms with Crippen LogP contribution >= 0.6 is 11.3 Å². The van der Waals surface area contributed by atoms with Crippen molar-refractivity contribution in [3.63, 3.8) is 0 Å². The van der Waals surface area contributed by atoms with Crippen molar-refractivity contribution >= 4 is 16.5 Å². The summed E-state index contributed by atoms with van der Waals surface area (Å²) in [4.78, 5) is 2.96. The molecule has 3 nitrogen and oxygen atoms in total. The molecule has 19 heavy (non-hydrogen) atoms. The summed E-state index contributed by atoms with van der Waals surface area (Å²) in [7, 11) is 0. The average Bonchev–Trinajstić information content (AvgIpc) is 2.86. The van der Waals surface area contributed by atoms with Gasteiger partial charge in [-0.3, -0.25) is 0 Å². The highest BCUT2D eigenvalue weighted by molar-refractivity contribution is 7.15. The fourth-order valence-electron chi connectivity index (χ4n) is 2.36. The molecule has 1 saturated carbocycles. The molecule has 1 unspecified atom stereocenters. The van der Waals surface area contributed by atoms with E-state index in [1.807, 2.05) is 0 Å². The Morgan fingerprint density at radius 2 is 2.05 bits per heavy atom. The summed E-state index contributed by atoms with van der Waals surface area (Å²) in [6.45, 7) is 0.259. The summed E-state index contributed by atoms with van der Waals surface area (Å²) in [5.74, 6) is 0.253. The van der Waals surface area contributed by atoms with E-state index >= 15 is 0 Å². The maximum atomic E-state index is 12.4. The van der Waals surface area contributed by atoms with Crippen molar-refractivity contribution in [1.82, 2.24) is 4.98 Å². The highest BCUT2D eigenvalue weighted by Gasteiger charge is 2.33. The van der Waals surface area contributed by atoms with Crippen molar-refractivity contribution in [2.75, 3.05) is 11.9 Å². The lowest BCUT2D eigenvalue weighted by Crippen LogP contribution is -2.29. The Labute approximate surface area is 113 Å². The van der Waals surface area contributed by atoms with E-state index in [1.165, 1.54) is 6.42 Å². The van der Waals surface area contributed by atoms with E-state index in [9.17, 15) is 18.3 Å². The molecule has 1 fully saturated rings. The number of anilines is 1. The van der Waals surface area contributed by atoms with Crippen LogP contribution in [0.1, 0.15) is 37.0 Å². The van der Waals surface area contributed by atoms with Gasteiger partial charge in [-0.25, -0.2) is 4.98 Å². The molecule has 2 rings (SSSR count). The summed E-state index contributed by atoms with van der Waals surface area (Å²) in [6.07, 6.45) is 1.40. The minimum atomic E-state index is -4.35.